The van der Waals surface area contributed by atoms with Gasteiger partial charge in [0.1, 0.15) is 0 Å². The second-order valence-electron chi connectivity index (χ2n) is 9.43. The summed E-state index contributed by atoms with van der Waals surface area (Å²) in [5.41, 5.74) is 2.31. The summed E-state index contributed by atoms with van der Waals surface area (Å²) in [5, 5.41) is 11.6. The fourth-order valence-corrected chi connectivity index (χ4v) is 5.64. The van der Waals surface area contributed by atoms with Gasteiger partial charge < -0.3 is 16.0 Å². The van der Waals surface area contributed by atoms with Gasteiger partial charge in [0.25, 0.3) is 0 Å². The van der Waals surface area contributed by atoms with Crippen LogP contribution in [0.1, 0.15) is 67.0 Å². The van der Waals surface area contributed by atoms with Crippen LogP contribution in [0.5, 0.6) is 0 Å². The van der Waals surface area contributed by atoms with Gasteiger partial charge in [-0.3, -0.25) is 9.69 Å². The van der Waals surface area contributed by atoms with E-state index in [0.29, 0.717) is 12.6 Å². The summed E-state index contributed by atoms with van der Waals surface area (Å²) in [7, 11) is 0. The Morgan fingerprint density at radius 1 is 0.970 bits per heavy atom. The van der Waals surface area contributed by atoms with Crippen LogP contribution in [-0.4, -0.2) is 48.6 Å². The molecule has 1 atom stereocenters. The second-order valence-corrected chi connectivity index (χ2v) is 10.4. The van der Waals surface area contributed by atoms with Crippen molar-refractivity contribution in [3.05, 3.63) is 57.8 Å². The molecule has 4 rings (SSSR count). The first-order valence-electron chi connectivity index (χ1n) is 12.3. The highest BCUT2D eigenvalue weighted by atomic mass is 32.1. The van der Waals surface area contributed by atoms with Crippen LogP contribution in [0.2, 0.25) is 0 Å². The lowest BCUT2D eigenvalue weighted by atomic mass is 9.96. The monoisotopic (exact) mass is 468 g/mol. The number of carbonyl (C=O) groups is 2. The molecule has 2 heterocycles. The highest BCUT2D eigenvalue weighted by molar-refractivity contribution is 7.10. The first-order valence-corrected chi connectivity index (χ1v) is 13.1. The Hall–Kier alpha value is -2.38. The summed E-state index contributed by atoms with van der Waals surface area (Å²) in [4.78, 5) is 28.6. The largest absolute Gasteiger partial charge is 0.343 e. The van der Waals surface area contributed by atoms with Gasteiger partial charge in [-0.1, -0.05) is 55.2 Å². The smallest absolute Gasteiger partial charge is 0.315 e. The molecular formula is C26H36N4O2S. The molecule has 1 unspecified atom stereocenters. The van der Waals surface area contributed by atoms with E-state index in [2.05, 4.69) is 58.1 Å². The van der Waals surface area contributed by atoms with Crippen molar-refractivity contribution in [3.8, 4) is 0 Å². The first-order chi connectivity index (χ1) is 16.1. The van der Waals surface area contributed by atoms with E-state index in [4.69, 9.17) is 0 Å². The minimum Gasteiger partial charge on any atom is -0.343 e. The average molecular weight is 469 g/mol. The van der Waals surface area contributed by atoms with Gasteiger partial charge >= 0.3 is 6.03 Å². The summed E-state index contributed by atoms with van der Waals surface area (Å²) in [6, 6.07) is 12.8. The van der Waals surface area contributed by atoms with Crippen LogP contribution in [0.15, 0.2) is 41.8 Å². The summed E-state index contributed by atoms with van der Waals surface area (Å²) >= 11 is 1.66. The quantitative estimate of drug-likeness (QED) is 0.565. The molecule has 1 aliphatic carbocycles. The lowest BCUT2D eigenvalue weighted by Gasteiger charge is -2.33. The van der Waals surface area contributed by atoms with E-state index in [9.17, 15) is 9.59 Å². The highest BCUT2D eigenvalue weighted by Crippen LogP contribution is 2.26. The number of aryl methyl sites for hydroxylation is 1. The van der Waals surface area contributed by atoms with Crippen molar-refractivity contribution in [2.45, 2.75) is 70.0 Å². The molecule has 7 heteroatoms. The number of amides is 3. The predicted molar refractivity (Wildman–Crippen MR) is 133 cm³/mol. The minimum atomic E-state index is -0.124. The molecule has 0 radical (unpaired) electrons. The van der Waals surface area contributed by atoms with Crippen LogP contribution >= 0.6 is 11.3 Å². The summed E-state index contributed by atoms with van der Waals surface area (Å²) in [6.07, 6.45) is 7.64. The summed E-state index contributed by atoms with van der Waals surface area (Å²) in [5.74, 6) is 0.0374. The zero-order valence-corrected chi connectivity index (χ0v) is 20.3. The van der Waals surface area contributed by atoms with Gasteiger partial charge in [-0.15, -0.1) is 11.3 Å². The van der Waals surface area contributed by atoms with Gasteiger partial charge in [-0.05, 0) is 49.6 Å². The Labute approximate surface area is 201 Å². The minimum absolute atomic E-state index is 0.0324. The van der Waals surface area contributed by atoms with E-state index in [-0.39, 0.29) is 24.0 Å². The van der Waals surface area contributed by atoms with E-state index in [0.717, 1.165) is 49.2 Å². The van der Waals surface area contributed by atoms with Crippen LogP contribution in [0.4, 0.5) is 4.79 Å². The summed E-state index contributed by atoms with van der Waals surface area (Å²) in [6.45, 7) is 4.08. The van der Waals surface area contributed by atoms with Gasteiger partial charge in [0.2, 0.25) is 5.91 Å². The Morgan fingerprint density at radius 3 is 2.27 bits per heavy atom. The van der Waals surface area contributed by atoms with Crippen LogP contribution in [0, 0.1) is 6.92 Å². The van der Waals surface area contributed by atoms with Gasteiger partial charge in [0.15, 0.2) is 0 Å². The maximum Gasteiger partial charge on any atom is 0.315 e. The number of nitrogens with one attached hydrogen (secondary N) is 3. The molecule has 1 aliphatic heterocycles. The van der Waals surface area contributed by atoms with E-state index in [1.807, 2.05) is 11.4 Å². The zero-order chi connectivity index (χ0) is 23.0. The van der Waals surface area contributed by atoms with Crippen LogP contribution in [0.25, 0.3) is 0 Å². The number of rotatable bonds is 7. The number of benzene rings is 1. The number of carbonyl (C=O) groups excluding carboxylic acids is 2. The standard InChI is InChI=1S/C26H36N4O2S/c1-19-9-11-20(12-10-19)25(23-8-5-17-33-23)29-24(31)18-30-15-13-22(14-16-30)28-26(32)27-21-6-3-2-4-7-21/h5,8-12,17,21-22,25H,2-4,6-7,13-16,18H2,1H3,(H,29,31)(H2,27,28,32). The number of likely N-dealkylation sites (tertiary alicyclic amines) is 1. The third-order valence-corrected chi connectivity index (χ3v) is 7.71. The van der Waals surface area contributed by atoms with Crippen molar-refractivity contribution in [2.24, 2.45) is 0 Å². The van der Waals surface area contributed by atoms with Crippen molar-refractivity contribution in [1.29, 1.82) is 0 Å². The topological polar surface area (TPSA) is 73.5 Å². The number of nitrogens with zero attached hydrogens (tertiary/aromatic N) is 1. The zero-order valence-electron chi connectivity index (χ0n) is 19.5. The lowest BCUT2D eigenvalue weighted by Crippen LogP contribution is -2.51. The second kappa shape index (κ2) is 11.7. The molecule has 1 saturated carbocycles. The molecular weight excluding hydrogens is 432 g/mol. The maximum absolute atomic E-state index is 12.9. The molecule has 1 aromatic carbocycles. The fourth-order valence-electron chi connectivity index (χ4n) is 4.84. The third-order valence-electron chi connectivity index (χ3n) is 6.77. The van der Waals surface area contributed by atoms with E-state index >= 15 is 0 Å². The number of hydrogen-bond donors (Lipinski definition) is 3. The van der Waals surface area contributed by atoms with Crippen molar-refractivity contribution < 1.29 is 9.59 Å². The van der Waals surface area contributed by atoms with Gasteiger partial charge in [0.05, 0.1) is 12.6 Å². The maximum atomic E-state index is 12.9. The molecule has 6 nitrogen and oxygen atoms in total. The highest BCUT2D eigenvalue weighted by Gasteiger charge is 2.25. The number of thiophene rings is 1. The van der Waals surface area contributed by atoms with Crippen molar-refractivity contribution in [1.82, 2.24) is 20.9 Å². The van der Waals surface area contributed by atoms with Crippen molar-refractivity contribution in [2.75, 3.05) is 19.6 Å². The molecule has 2 aliphatic rings. The molecule has 2 fully saturated rings. The summed E-state index contributed by atoms with van der Waals surface area (Å²) < 4.78 is 0. The predicted octanol–water partition coefficient (Wildman–Crippen LogP) is 4.36. The van der Waals surface area contributed by atoms with E-state index in [1.54, 1.807) is 11.3 Å². The lowest BCUT2D eigenvalue weighted by molar-refractivity contribution is -0.123. The number of urea groups is 1. The SMILES string of the molecule is Cc1ccc(C(NC(=O)CN2CCC(NC(=O)NC3CCCCC3)CC2)c2cccs2)cc1. The van der Waals surface area contributed by atoms with Crippen molar-refractivity contribution in [3.63, 3.8) is 0 Å². The fraction of sp³-hybridized carbons (Fsp3) is 0.538. The average Bonchev–Trinajstić information content (AvgIpc) is 3.35. The molecule has 3 amide bonds. The molecule has 178 valence electrons. The van der Waals surface area contributed by atoms with Crippen molar-refractivity contribution >= 4 is 23.3 Å². The Kier molecular flexibility index (Phi) is 8.40. The van der Waals surface area contributed by atoms with Crippen LogP contribution in [0.3, 0.4) is 0 Å². The van der Waals surface area contributed by atoms with Gasteiger partial charge in [-0.2, -0.15) is 0 Å². The number of piperidine rings is 1. The van der Waals surface area contributed by atoms with Gasteiger partial charge in [-0.25, -0.2) is 4.79 Å². The number of hydrogen-bond acceptors (Lipinski definition) is 4. The molecule has 0 spiro atoms. The Bertz CT molecular complexity index is 886. The molecule has 1 saturated heterocycles. The molecule has 1 aromatic heterocycles. The van der Waals surface area contributed by atoms with Crippen LogP contribution < -0.4 is 16.0 Å². The van der Waals surface area contributed by atoms with E-state index in [1.165, 1.54) is 24.8 Å². The molecule has 33 heavy (non-hydrogen) atoms. The molecule has 2 aromatic rings. The molecule has 3 N–H and O–H groups in total. The normalized spacial score (nSPS) is 19.1. The van der Waals surface area contributed by atoms with Crippen LogP contribution in [-0.2, 0) is 4.79 Å². The Morgan fingerprint density at radius 2 is 1.64 bits per heavy atom. The Balaban J connectivity index is 1.23. The van der Waals surface area contributed by atoms with Gasteiger partial charge in [0, 0.05) is 30.1 Å². The third kappa shape index (κ3) is 7.05. The van der Waals surface area contributed by atoms with E-state index < -0.39 is 0 Å². The molecule has 0 bridgehead atoms. The first kappa shape index (κ1) is 23.8.